The Hall–Kier alpha value is -0.0700. The Kier molecular flexibility index (Phi) is 3.10. The Morgan fingerprint density at radius 3 is 1.55 bits per heavy atom. The molecule has 0 aromatic heterocycles. The first-order valence-electron chi connectivity index (χ1n) is 4.36. The molecule has 0 aliphatic rings. The summed E-state index contributed by atoms with van der Waals surface area (Å²) in [4.78, 5) is 0. The van der Waals surface area contributed by atoms with E-state index in [9.17, 15) is 4.39 Å². The highest BCUT2D eigenvalue weighted by molar-refractivity contribution is 4.86. The average Bonchev–Trinajstić information content (AvgIpc) is 1.56. The minimum atomic E-state index is -1.07. The second kappa shape index (κ2) is 3.12. The van der Waals surface area contributed by atoms with Gasteiger partial charge in [-0.15, -0.1) is 0 Å². The minimum Gasteiger partial charge on any atom is -0.244 e. The zero-order chi connectivity index (χ0) is 9.28. The molecular formula is C10H21F. The van der Waals surface area contributed by atoms with Gasteiger partial charge in [0, 0.05) is 0 Å². The molecule has 0 rings (SSSR count). The fourth-order valence-corrected chi connectivity index (χ4v) is 1.26. The highest BCUT2D eigenvalue weighted by Gasteiger charge is 2.37. The Labute approximate surface area is 70.2 Å². The van der Waals surface area contributed by atoms with Gasteiger partial charge in [0.25, 0.3) is 0 Å². The lowest BCUT2D eigenvalue weighted by molar-refractivity contribution is 0.0351. The molecule has 0 aromatic carbocycles. The Bertz CT molecular complexity index is 117. The predicted molar refractivity (Wildman–Crippen MR) is 48.4 cm³/mol. The molecule has 0 N–H and O–H groups in total. The van der Waals surface area contributed by atoms with Crippen molar-refractivity contribution in [2.24, 2.45) is 11.3 Å². The van der Waals surface area contributed by atoms with E-state index in [1.165, 1.54) is 0 Å². The number of hydrogen-bond donors (Lipinski definition) is 0. The molecule has 0 atom stereocenters. The van der Waals surface area contributed by atoms with Crippen LogP contribution in [0.15, 0.2) is 0 Å². The zero-order valence-electron chi connectivity index (χ0n) is 8.66. The molecule has 0 saturated heterocycles. The minimum absolute atomic E-state index is 0.207. The van der Waals surface area contributed by atoms with Crippen molar-refractivity contribution >= 4 is 0 Å². The van der Waals surface area contributed by atoms with Crippen molar-refractivity contribution in [2.75, 3.05) is 0 Å². The van der Waals surface area contributed by atoms with Gasteiger partial charge in [0.1, 0.15) is 5.67 Å². The monoisotopic (exact) mass is 160 g/mol. The van der Waals surface area contributed by atoms with E-state index in [2.05, 4.69) is 13.8 Å². The average molecular weight is 160 g/mol. The van der Waals surface area contributed by atoms with E-state index in [0.717, 1.165) is 6.42 Å². The van der Waals surface area contributed by atoms with Crippen molar-refractivity contribution in [3.63, 3.8) is 0 Å². The lowest BCUT2D eigenvalue weighted by Gasteiger charge is -2.36. The van der Waals surface area contributed by atoms with Crippen LogP contribution in [0.5, 0.6) is 0 Å². The zero-order valence-corrected chi connectivity index (χ0v) is 8.66. The van der Waals surface area contributed by atoms with E-state index >= 15 is 0 Å². The van der Waals surface area contributed by atoms with Crippen molar-refractivity contribution < 1.29 is 4.39 Å². The predicted octanol–water partition coefficient (Wildman–Crippen LogP) is 3.81. The first-order chi connectivity index (χ1) is 4.67. The van der Waals surface area contributed by atoms with Gasteiger partial charge in [0.2, 0.25) is 0 Å². The van der Waals surface area contributed by atoms with E-state index in [1.54, 1.807) is 13.8 Å². The first kappa shape index (κ1) is 10.9. The number of halogens is 1. The summed E-state index contributed by atoms with van der Waals surface area (Å²) in [5, 5.41) is 0. The van der Waals surface area contributed by atoms with E-state index in [-0.39, 0.29) is 5.41 Å². The van der Waals surface area contributed by atoms with Crippen molar-refractivity contribution in [1.82, 2.24) is 0 Å². The maximum absolute atomic E-state index is 13.5. The number of alkyl halides is 1. The summed E-state index contributed by atoms with van der Waals surface area (Å²) < 4.78 is 13.5. The summed E-state index contributed by atoms with van der Waals surface area (Å²) >= 11 is 0. The molecule has 0 saturated carbocycles. The van der Waals surface area contributed by atoms with Gasteiger partial charge in [0.15, 0.2) is 0 Å². The number of hydrogen-bond acceptors (Lipinski definition) is 0. The van der Waals surface area contributed by atoms with Gasteiger partial charge in [0.05, 0.1) is 0 Å². The molecule has 0 nitrogen and oxygen atoms in total. The van der Waals surface area contributed by atoms with Gasteiger partial charge in [-0.25, -0.2) is 4.39 Å². The van der Waals surface area contributed by atoms with Crippen LogP contribution in [0, 0.1) is 11.3 Å². The van der Waals surface area contributed by atoms with Gasteiger partial charge >= 0.3 is 0 Å². The van der Waals surface area contributed by atoms with Gasteiger partial charge in [-0.3, -0.25) is 0 Å². The molecule has 0 unspecified atom stereocenters. The normalized spacial score (nSPS) is 14.2. The van der Waals surface area contributed by atoms with Crippen molar-refractivity contribution in [2.45, 2.75) is 53.6 Å². The third kappa shape index (κ3) is 3.22. The smallest absolute Gasteiger partial charge is 0.110 e. The van der Waals surface area contributed by atoms with Crippen LogP contribution in [-0.4, -0.2) is 5.67 Å². The molecule has 0 radical (unpaired) electrons. The van der Waals surface area contributed by atoms with Gasteiger partial charge < -0.3 is 0 Å². The first-order valence-corrected chi connectivity index (χ1v) is 4.36. The van der Waals surface area contributed by atoms with Crippen molar-refractivity contribution in [1.29, 1.82) is 0 Å². The molecule has 68 valence electrons. The van der Waals surface area contributed by atoms with Crippen LogP contribution in [0.3, 0.4) is 0 Å². The highest BCUT2D eigenvalue weighted by Crippen LogP contribution is 2.39. The molecule has 11 heavy (non-hydrogen) atoms. The third-order valence-electron chi connectivity index (χ3n) is 2.53. The Morgan fingerprint density at radius 1 is 1.09 bits per heavy atom. The summed E-state index contributed by atoms with van der Waals surface area (Å²) in [6, 6.07) is 0. The Balaban J connectivity index is 4.22. The van der Waals surface area contributed by atoms with Crippen LogP contribution < -0.4 is 0 Å². The maximum atomic E-state index is 13.5. The molecule has 0 amide bonds. The molecule has 1 heteroatoms. The fourth-order valence-electron chi connectivity index (χ4n) is 1.26. The molecule has 0 aliphatic carbocycles. The van der Waals surface area contributed by atoms with Crippen LogP contribution in [0.1, 0.15) is 48.0 Å². The number of rotatable bonds is 3. The summed E-state index contributed by atoms with van der Waals surface area (Å²) in [7, 11) is 0. The van der Waals surface area contributed by atoms with Crippen LogP contribution in [0.4, 0.5) is 4.39 Å². The highest BCUT2D eigenvalue weighted by atomic mass is 19.1. The van der Waals surface area contributed by atoms with E-state index < -0.39 is 5.67 Å². The van der Waals surface area contributed by atoms with Crippen LogP contribution in [0.2, 0.25) is 0 Å². The molecule has 0 aliphatic heterocycles. The summed E-state index contributed by atoms with van der Waals surface area (Å²) in [5.74, 6) is 0.569. The van der Waals surface area contributed by atoms with E-state index in [4.69, 9.17) is 0 Å². The van der Waals surface area contributed by atoms with Gasteiger partial charge in [-0.1, -0.05) is 27.7 Å². The molecule has 0 heterocycles. The second-order valence-electron chi connectivity index (χ2n) is 4.95. The largest absolute Gasteiger partial charge is 0.244 e. The van der Waals surface area contributed by atoms with Gasteiger partial charge in [-0.05, 0) is 31.6 Å². The van der Waals surface area contributed by atoms with Gasteiger partial charge in [-0.2, -0.15) is 0 Å². The topological polar surface area (TPSA) is 0 Å². The lowest BCUT2D eigenvalue weighted by atomic mass is 9.73. The van der Waals surface area contributed by atoms with Crippen LogP contribution in [0.25, 0.3) is 0 Å². The molecule has 0 bridgehead atoms. The molecule has 0 aromatic rings. The quantitative estimate of drug-likeness (QED) is 0.589. The third-order valence-corrected chi connectivity index (χ3v) is 2.53. The molecule has 0 spiro atoms. The second-order valence-corrected chi connectivity index (χ2v) is 4.95. The van der Waals surface area contributed by atoms with Crippen LogP contribution in [-0.2, 0) is 0 Å². The molecular weight excluding hydrogens is 139 g/mol. The van der Waals surface area contributed by atoms with Crippen molar-refractivity contribution in [3.8, 4) is 0 Å². The molecule has 0 fully saturated rings. The summed E-state index contributed by atoms with van der Waals surface area (Å²) in [6.45, 7) is 11.6. The summed E-state index contributed by atoms with van der Waals surface area (Å²) in [5.41, 5.74) is -1.28. The maximum Gasteiger partial charge on any atom is 0.110 e. The standard InChI is InChI=1S/C10H21F/c1-8(2)7-9(3,4)10(5,6)11/h8H,7H2,1-6H3. The Morgan fingerprint density at radius 2 is 1.45 bits per heavy atom. The van der Waals surface area contributed by atoms with E-state index in [0.29, 0.717) is 5.92 Å². The van der Waals surface area contributed by atoms with Crippen molar-refractivity contribution in [3.05, 3.63) is 0 Å². The van der Waals surface area contributed by atoms with E-state index in [1.807, 2.05) is 13.8 Å². The summed E-state index contributed by atoms with van der Waals surface area (Å²) in [6.07, 6.45) is 0.941. The van der Waals surface area contributed by atoms with Crippen LogP contribution >= 0.6 is 0 Å². The SMILES string of the molecule is CC(C)CC(C)(C)C(C)(C)F. The lowest BCUT2D eigenvalue weighted by Crippen LogP contribution is -2.35. The fraction of sp³-hybridized carbons (Fsp3) is 1.00.